The Morgan fingerprint density at radius 1 is 1.42 bits per heavy atom. The van der Waals surface area contributed by atoms with E-state index in [-0.39, 0.29) is 12.2 Å². The van der Waals surface area contributed by atoms with Gasteiger partial charge >= 0.3 is 0 Å². The van der Waals surface area contributed by atoms with Crippen LogP contribution in [0, 0.1) is 0 Å². The van der Waals surface area contributed by atoms with Crippen molar-refractivity contribution in [2.24, 2.45) is 7.05 Å². The fraction of sp³-hybridized carbons (Fsp3) is 0.357. The van der Waals surface area contributed by atoms with Gasteiger partial charge in [-0.15, -0.1) is 5.10 Å². The second kappa shape index (κ2) is 6.13. The smallest absolute Gasteiger partial charge is 0.169 e. The first-order valence-corrected chi connectivity index (χ1v) is 6.30. The Morgan fingerprint density at radius 2 is 2.26 bits per heavy atom. The second-order valence-electron chi connectivity index (χ2n) is 4.36. The fourth-order valence-corrected chi connectivity index (χ4v) is 1.72. The zero-order valence-corrected chi connectivity index (χ0v) is 11.2. The highest BCUT2D eigenvalue weighted by Gasteiger charge is 2.10. The first kappa shape index (κ1) is 13.3. The van der Waals surface area contributed by atoms with E-state index in [2.05, 4.69) is 10.3 Å². The van der Waals surface area contributed by atoms with Gasteiger partial charge in [-0.3, -0.25) is 9.48 Å². The summed E-state index contributed by atoms with van der Waals surface area (Å²) in [4.78, 5) is 12.1. The lowest BCUT2D eigenvalue weighted by molar-refractivity contribution is 0.0991. The molecule has 1 heterocycles. The predicted octanol–water partition coefficient (Wildman–Crippen LogP) is 2.03. The van der Waals surface area contributed by atoms with Crippen LogP contribution < -0.4 is 4.74 Å². The maximum Gasteiger partial charge on any atom is 0.169 e. The monoisotopic (exact) mass is 259 g/mol. The first-order valence-electron chi connectivity index (χ1n) is 6.30. The van der Waals surface area contributed by atoms with Crippen molar-refractivity contribution in [2.75, 3.05) is 6.61 Å². The van der Waals surface area contributed by atoms with Gasteiger partial charge in [-0.05, 0) is 18.6 Å². The molecule has 0 saturated carbocycles. The normalized spacial score (nSPS) is 10.4. The van der Waals surface area contributed by atoms with Gasteiger partial charge in [0.2, 0.25) is 0 Å². The minimum Gasteiger partial charge on any atom is -0.494 e. The fourth-order valence-electron chi connectivity index (χ4n) is 1.72. The van der Waals surface area contributed by atoms with Crippen LogP contribution in [0.2, 0.25) is 0 Å². The molecular weight excluding hydrogens is 242 g/mol. The van der Waals surface area contributed by atoms with Crippen molar-refractivity contribution in [1.82, 2.24) is 15.0 Å². The number of aromatic nitrogens is 3. The summed E-state index contributed by atoms with van der Waals surface area (Å²) in [6, 6.07) is 7.25. The molecule has 0 saturated heterocycles. The van der Waals surface area contributed by atoms with E-state index in [0.717, 1.165) is 12.2 Å². The van der Waals surface area contributed by atoms with Crippen molar-refractivity contribution in [1.29, 1.82) is 0 Å². The summed E-state index contributed by atoms with van der Waals surface area (Å²) in [6.45, 7) is 2.70. The summed E-state index contributed by atoms with van der Waals surface area (Å²) in [5.74, 6) is 0.745. The number of aryl methyl sites for hydroxylation is 1. The number of ketones is 1. The van der Waals surface area contributed by atoms with Crippen molar-refractivity contribution in [3.63, 3.8) is 0 Å². The van der Waals surface area contributed by atoms with Gasteiger partial charge in [-0.1, -0.05) is 24.3 Å². The lowest BCUT2D eigenvalue weighted by Crippen LogP contribution is -2.04. The molecular formula is C14H17N3O2. The van der Waals surface area contributed by atoms with Gasteiger partial charge in [0.15, 0.2) is 5.78 Å². The second-order valence-corrected chi connectivity index (χ2v) is 4.36. The van der Waals surface area contributed by atoms with E-state index in [1.807, 2.05) is 19.1 Å². The highest BCUT2D eigenvalue weighted by Crippen LogP contribution is 2.15. The van der Waals surface area contributed by atoms with Gasteiger partial charge in [0.25, 0.3) is 0 Å². The first-order chi connectivity index (χ1) is 9.19. The Labute approximate surface area is 112 Å². The van der Waals surface area contributed by atoms with Crippen molar-refractivity contribution < 1.29 is 9.53 Å². The molecule has 0 spiro atoms. The Bertz CT molecular complexity index is 563. The van der Waals surface area contributed by atoms with Crippen LogP contribution in [-0.2, 0) is 13.5 Å². The molecule has 0 fully saturated rings. The molecule has 0 atom stereocenters. The van der Waals surface area contributed by atoms with Gasteiger partial charge in [-0.2, -0.15) is 0 Å². The van der Waals surface area contributed by atoms with Crippen molar-refractivity contribution in [2.45, 2.75) is 19.8 Å². The third-order valence-electron chi connectivity index (χ3n) is 2.62. The summed E-state index contributed by atoms with van der Waals surface area (Å²) < 4.78 is 7.10. The molecule has 2 rings (SSSR count). The topological polar surface area (TPSA) is 57.0 Å². The van der Waals surface area contributed by atoms with Crippen LogP contribution in [0.1, 0.15) is 29.4 Å². The highest BCUT2D eigenvalue weighted by atomic mass is 16.5. The van der Waals surface area contributed by atoms with Crippen LogP contribution in [0.5, 0.6) is 5.75 Å². The van der Waals surface area contributed by atoms with Crippen molar-refractivity contribution in [3.8, 4) is 5.75 Å². The number of ether oxygens (including phenoxy) is 1. The number of carbonyl (C=O) groups excluding carboxylic acids is 1. The summed E-state index contributed by atoms with van der Waals surface area (Å²) in [6.07, 6.45) is 2.94. The van der Waals surface area contributed by atoms with Crippen molar-refractivity contribution >= 4 is 5.78 Å². The van der Waals surface area contributed by atoms with E-state index >= 15 is 0 Å². The average molecular weight is 259 g/mol. The van der Waals surface area contributed by atoms with E-state index in [1.165, 1.54) is 0 Å². The van der Waals surface area contributed by atoms with E-state index in [4.69, 9.17) is 4.74 Å². The van der Waals surface area contributed by atoms with Crippen LogP contribution in [0.15, 0.2) is 30.5 Å². The van der Waals surface area contributed by atoms with Gasteiger partial charge in [-0.25, -0.2) is 0 Å². The molecule has 0 amide bonds. The number of benzene rings is 1. The van der Waals surface area contributed by atoms with Gasteiger partial charge in [0, 0.05) is 18.8 Å². The molecule has 0 unspecified atom stereocenters. The molecule has 0 N–H and O–H groups in total. The number of nitrogens with zero attached hydrogens (tertiary/aromatic N) is 3. The molecule has 0 bridgehead atoms. The van der Waals surface area contributed by atoms with E-state index in [9.17, 15) is 4.79 Å². The molecule has 0 aliphatic heterocycles. The summed E-state index contributed by atoms with van der Waals surface area (Å²) >= 11 is 0. The zero-order chi connectivity index (χ0) is 13.7. The number of hydrogen-bond donors (Lipinski definition) is 0. The third kappa shape index (κ3) is 3.64. The molecule has 2 aromatic rings. The molecule has 0 radical (unpaired) electrons. The molecule has 19 heavy (non-hydrogen) atoms. The summed E-state index contributed by atoms with van der Waals surface area (Å²) in [5.41, 5.74) is 1.31. The Hall–Kier alpha value is -2.17. The molecule has 5 nitrogen and oxygen atoms in total. The molecule has 0 aliphatic carbocycles. The maximum absolute atomic E-state index is 12.1. The number of Topliss-reactive ketones (excluding diaryl/α,β-unsaturated/α-hetero) is 1. The third-order valence-corrected chi connectivity index (χ3v) is 2.62. The number of hydrogen-bond acceptors (Lipinski definition) is 4. The SMILES string of the molecule is CCCOc1cccc(C(=O)Cc2cn(C)nn2)c1. The van der Waals surface area contributed by atoms with E-state index < -0.39 is 0 Å². The summed E-state index contributed by atoms with van der Waals surface area (Å²) in [7, 11) is 1.78. The minimum absolute atomic E-state index is 0.0162. The van der Waals surface area contributed by atoms with Gasteiger partial charge in [0.05, 0.1) is 18.7 Å². The number of carbonyl (C=O) groups is 1. The van der Waals surface area contributed by atoms with Crippen molar-refractivity contribution in [3.05, 3.63) is 41.7 Å². The van der Waals surface area contributed by atoms with E-state index in [0.29, 0.717) is 17.9 Å². The predicted molar refractivity (Wildman–Crippen MR) is 71.3 cm³/mol. The Morgan fingerprint density at radius 3 is 2.95 bits per heavy atom. The minimum atomic E-state index is 0.0162. The van der Waals surface area contributed by atoms with Gasteiger partial charge in [0.1, 0.15) is 5.75 Å². The van der Waals surface area contributed by atoms with Crippen LogP contribution in [-0.4, -0.2) is 27.4 Å². The lowest BCUT2D eigenvalue weighted by atomic mass is 10.1. The maximum atomic E-state index is 12.1. The van der Waals surface area contributed by atoms with E-state index in [1.54, 1.807) is 30.1 Å². The quantitative estimate of drug-likeness (QED) is 0.745. The zero-order valence-electron chi connectivity index (χ0n) is 11.2. The van der Waals surface area contributed by atoms with Crippen LogP contribution >= 0.6 is 0 Å². The van der Waals surface area contributed by atoms with Crippen LogP contribution in [0.3, 0.4) is 0 Å². The lowest BCUT2D eigenvalue weighted by Gasteiger charge is -2.05. The van der Waals surface area contributed by atoms with Gasteiger partial charge < -0.3 is 4.74 Å². The Kier molecular flexibility index (Phi) is 4.28. The molecule has 1 aromatic heterocycles. The average Bonchev–Trinajstić information content (AvgIpc) is 2.82. The molecule has 5 heteroatoms. The highest BCUT2D eigenvalue weighted by molar-refractivity contribution is 5.97. The molecule has 0 aliphatic rings. The Balaban J connectivity index is 2.06. The van der Waals surface area contributed by atoms with Crippen LogP contribution in [0.4, 0.5) is 0 Å². The largest absolute Gasteiger partial charge is 0.494 e. The molecule has 1 aromatic carbocycles. The number of rotatable bonds is 6. The van der Waals surface area contributed by atoms with Crippen LogP contribution in [0.25, 0.3) is 0 Å². The molecule has 100 valence electrons. The standard InChI is InChI=1S/C14H17N3O2/c1-3-7-19-13-6-4-5-11(8-13)14(18)9-12-10-17(2)16-15-12/h4-6,8,10H,3,7,9H2,1-2H3. The summed E-state index contributed by atoms with van der Waals surface area (Å²) in [5, 5.41) is 7.73.